The lowest BCUT2D eigenvalue weighted by molar-refractivity contribution is -0.113. The SMILES string of the molecule is COC(=O)c1c(NC(=O)CSc2nnc(CCc3ccccc3)n2C)sc2c1CCC2. The van der Waals surface area contributed by atoms with Crippen molar-refractivity contribution < 1.29 is 14.3 Å². The van der Waals surface area contributed by atoms with E-state index in [2.05, 4.69) is 27.6 Å². The highest BCUT2D eigenvalue weighted by Crippen LogP contribution is 2.39. The number of aromatic nitrogens is 3. The van der Waals surface area contributed by atoms with Crippen LogP contribution in [0.4, 0.5) is 5.00 Å². The monoisotopic (exact) mass is 456 g/mol. The van der Waals surface area contributed by atoms with Gasteiger partial charge in [-0.15, -0.1) is 21.5 Å². The molecule has 4 rings (SSSR count). The van der Waals surface area contributed by atoms with Crippen LogP contribution in [-0.2, 0) is 42.3 Å². The van der Waals surface area contributed by atoms with Crippen LogP contribution in [0.15, 0.2) is 35.5 Å². The van der Waals surface area contributed by atoms with Crippen LogP contribution in [0.2, 0.25) is 0 Å². The molecule has 3 aromatic rings. The highest BCUT2D eigenvalue weighted by atomic mass is 32.2. The van der Waals surface area contributed by atoms with E-state index in [0.29, 0.717) is 15.7 Å². The number of thioether (sulfide) groups is 1. The third-order valence-corrected chi connectivity index (χ3v) is 7.53. The fourth-order valence-electron chi connectivity index (χ4n) is 3.69. The number of fused-ring (bicyclic) bond motifs is 1. The Morgan fingerprint density at radius 2 is 2.00 bits per heavy atom. The molecule has 0 fully saturated rings. The molecule has 1 N–H and O–H groups in total. The molecule has 1 amide bonds. The number of esters is 1. The second-order valence-electron chi connectivity index (χ2n) is 7.33. The number of carbonyl (C=O) groups is 2. The van der Waals surface area contributed by atoms with Gasteiger partial charge in [-0.2, -0.15) is 0 Å². The molecule has 1 aliphatic carbocycles. The Labute approximate surface area is 189 Å². The second kappa shape index (κ2) is 9.65. The predicted molar refractivity (Wildman–Crippen MR) is 122 cm³/mol. The molecule has 7 nitrogen and oxygen atoms in total. The van der Waals surface area contributed by atoms with Crippen molar-refractivity contribution in [1.29, 1.82) is 0 Å². The van der Waals surface area contributed by atoms with Crippen LogP contribution >= 0.6 is 23.1 Å². The molecule has 0 unspecified atom stereocenters. The van der Waals surface area contributed by atoms with E-state index in [-0.39, 0.29) is 11.7 Å². The number of benzene rings is 1. The van der Waals surface area contributed by atoms with Gasteiger partial charge in [0.25, 0.3) is 0 Å². The number of nitrogens with zero attached hydrogens (tertiary/aromatic N) is 3. The summed E-state index contributed by atoms with van der Waals surface area (Å²) in [5.74, 6) is 0.505. The smallest absolute Gasteiger partial charge is 0.341 e. The van der Waals surface area contributed by atoms with Gasteiger partial charge in [0.1, 0.15) is 10.8 Å². The molecule has 0 radical (unpaired) electrons. The Kier molecular flexibility index (Phi) is 6.72. The fourth-order valence-corrected chi connectivity index (χ4v) is 5.72. The molecule has 162 valence electrons. The van der Waals surface area contributed by atoms with Gasteiger partial charge in [0.15, 0.2) is 5.16 Å². The van der Waals surface area contributed by atoms with Crippen molar-refractivity contribution in [2.75, 3.05) is 18.2 Å². The number of ether oxygens (including phenoxy) is 1. The number of hydrogen-bond acceptors (Lipinski definition) is 7. The van der Waals surface area contributed by atoms with Crippen molar-refractivity contribution in [1.82, 2.24) is 14.8 Å². The Hall–Kier alpha value is -2.65. The molecule has 0 atom stereocenters. The Bertz CT molecular complexity index is 1090. The van der Waals surface area contributed by atoms with E-state index in [1.165, 1.54) is 40.6 Å². The fraction of sp³-hybridized carbons (Fsp3) is 0.364. The summed E-state index contributed by atoms with van der Waals surface area (Å²) in [6.07, 6.45) is 4.50. The maximum Gasteiger partial charge on any atom is 0.341 e. The molecular weight excluding hydrogens is 432 g/mol. The number of rotatable bonds is 8. The lowest BCUT2D eigenvalue weighted by atomic mass is 10.1. The standard InChI is InChI=1S/C22H24N4O3S2/c1-26-17(12-11-14-7-4-3-5-8-14)24-25-22(26)30-13-18(27)23-20-19(21(28)29-2)15-9-6-10-16(15)31-20/h3-5,7-8H,6,9-13H2,1-2H3,(H,23,27). The number of methoxy groups -OCH3 is 1. The zero-order valence-corrected chi connectivity index (χ0v) is 19.1. The molecule has 0 spiro atoms. The van der Waals surface area contributed by atoms with Gasteiger partial charge < -0.3 is 14.6 Å². The topological polar surface area (TPSA) is 86.1 Å². The Morgan fingerprint density at radius 1 is 1.19 bits per heavy atom. The van der Waals surface area contributed by atoms with E-state index in [1.54, 1.807) is 0 Å². The average molecular weight is 457 g/mol. The van der Waals surface area contributed by atoms with E-state index < -0.39 is 5.97 Å². The largest absolute Gasteiger partial charge is 0.465 e. The number of aryl methyl sites for hydroxylation is 3. The number of hydrogen-bond donors (Lipinski definition) is 1. The third kappa shape index (κ3) is 4.83. The van der Waals surface area contributed by atoms with Crippen LogP contribution in [0.1, 0.15) is 38.6 Å². The van der Waals surface area contributed by atoms with Gasteiger partial charge >= 0.3 is 5.97 Å². The van der Waals surface area contributed by atoms with E-state index >= 15 is 0 Å². The minimum absolute atomic E-state index is 0.177. The number of nitrogens with one attached hydrogen (secondary N) is 1. The number of carbonyl (C=O) groups excluding carboxylic acids is 2. The molecule has 9 heteroatoms. The summed E-state index contributed by atoms with van der Waals surface area (Å²) in [6.45, 7) is 0. The Morgan fingerprint density at radius 3 is 2.77 bits per heavy atom. The molecule has 1 aromatic carbocycles. The van der Waals surface area contributed by atoms with Crippen LogP contribution in [0.25, 0.3) is 0 Å². The Balaban J connectivity index is 1.36. The first-order valence-corrected chi connectivity index (χ1v) is 11.9. The molecule has 0 aliphatic heterocycles. The maximum absolute atomic E-state index is 12.6. The van der Waals surface area contributed by atoms with Crippen molar-refractivity contribution in [3.8, 4) is 0 Å². The molecule has 0 saturated heterocycles. The van der Waals surface area contributed by atoms with Gasteiger partial charge in [-0.25, -0.2) is 4.79 Å². The summed E-state index contributed by atoms with van der Waals surface area (Å²) in [7, 11) is 3.28. The zero-order valence-electron chi connectivity index (χ0n) is 17.5. The van der Waals surface area contributed by atoms with E-state index in [4.69, 9.17) is 4.74 Å². The molecular formula is C22H24N4O3S2. The summed E-state index contributed by atoms with van der Waals surface area (Å²) in [4.78, 5) is 26.0. The van der Waals surface area contributed by atoms with Crippen molar-refractivity contribution in [3.63, 3.8) is 0 Å². The van der Waals surface area contributed by atoms with Gasteiger partial charge in [-0.05, 0) is 36.8 Å². The van der Waals surface area contributed by atoms with Crippen molar-refractivity contribution >= 4 is 40.0 Å². The van der Waals surface area contributed by atoms with Crippen LogP contribution in [0.3, 0.4) is 0 Å². The lowest BCUT2D eigenvalue weighted by Gasteiger charge is -2.07. The number of anilines is 1. The molecule has 2 heterocycles. The summed E-state index contributed by atoms with van der Waals surface area (Å²) in [5, 5.41) is 12.7. The maximum atomic E-state index is 12.6. The minimum Gasteiger partial charge on any atom is -0.465 e. The first kappa shape index (κ1) is 21.6. The first-order valence-electron chi connectivity index (χ1n) is 10.1. The normalized spacial score (nSPS) is 12.6. The minimum atomic E-state index is -0.390. The molecule has 0 saturated carbocycles. The van der Waals surface area contributed by atoms with Gasteiger partial charge in [0.2, 0.25) is 5.91 Å². The van der Waals surface area contributed by atoms with E-state index in [9.17, 15) is 9.59 Å². The second-order valence-corrected chi connectivity index (χ2v) is 9.38. The van der Waals surface area contributed by atoms with Crippen molar-refractivity contribution in [3.05, 3.63) is 57.7 Å². The van der Waals surface area contributed by atoms with Crippen LogP contribution in [0.5, 0.6) is 0 Å². The third-order valence-electron chi connectivity index (χ3n) is 5.30. The lowest BCUT2D eigenvalue weighted by Crippen LogP contribution is -2.16. The van der Waals surface area contributed by atoms with Gasteiger partial charge in [0, 0.05) is 18.3 Å². The van der Waals surface area contributed by atoms with Gasteiger partial charge in [-0.3, -0.25) is 4.79 Å². The number of amides is 1. The van der Waals surface area contributed by atoms with E-state index in [1.807, 2.05) is 29.8 Å². The summed E-state index contributed by atoms with van der Waals surface area (Å²) >= 11 is 2.81. The van der Waals surface area contributed by atoms with E-state index in [0.717, 1.165) is 43.5 Å². The van der Waals surface area contributed by atoms with Crippen molar-refractivity contribution in [2.45, 2.75) is 37.3 Å². The highest BCUT2D eigenvalue weighted by molar-refractivity contribution is 7.99. The molecule has 2 aromatic heterocycles. The predicted octanol–water partition coefficient (Wildman–Crippen LogP) is 3.67. The van der Waals surface area contributed by atoms with Crippen LogP contribution in [-0.4, -0.2) is 39.5 Å². The quantitative estimate of drug-likeness (QED) is 0.411. The zero-order chi connectivity index (χ0) is 21.8. The average Bonchev–Trinajstić information content (AvgIpc) is 3.46. The number of thiophene rings is 1. The first-order chi connectivity index (χ1) is 15.1. The van der Waals surface area contributed by atoms with Crippen LogP contribution in [0, 0.1) is 0 Å². The summed E-state index contributed by atoms with van der Waals surface area (Å²) in [6, 6.07) is 10.3. The molecule has 1 aliphatic rings. The highest BCUT2D eigenvalue weighted by Gasteiger charge is 2.28. The molecule has 0 bridgehead atoms. The van der Waals surface area contributed by atoms with Gasteiger partial charge in [-0.1, -0.05) is 42.1 Å². The van der Waals surface area contributed by atoms with Crippen LogP contribution < -0.4 is 5.32 Å². The van der Waals surface area contributed by atoms with Gasteiger partial charge in [0.05, 0.1) is 18.4 Å². The molecule has 31 heavy (non-hydrogen) atoms. The summed E-state index contributed by atoms with van der Waals surface area (Å²) < 4.78 is 6.87. The van der Waals surface area contributed by atoms with Crippen molar-refractivity contribution in [2.24, 2.45) is 7.05 Å². The summed E-state index contributed by atoms with van der Waals surface area (Å²) in [5.41, 5.74) is 2.79.